The number of imidazole rings is 1. The molecule has 1 atom stereocenters. The number of nitrogens with one attached hydrogen (secondary N) is 2. The Morgan fingerprint density at radius 2 is 1.90 bits per heavy atom. The van der Waals surface area contributed by atoms with Crippen LogP contribution < -0.4 is 10.2 Å². The lowest BCUT2D eigenvalue weighted by atomic mass is 10.0. The first-order chi connectivity index (χ1) is 14.7. The number of amidine groups is 1. The smallest absolute Gasteiger partial charge is 0.179 e. The second kappa shape index (κ2) is 8.01. The van der Waals surface area contributed by atoms with E-state index in [1.807, 2.05) is 42.5 Å². The number of hydrogen-bond acceptors (Lipinski definition) is 3. The van der Waals surface area contributed by atoms with Crippen molar-refractivity contribution in [1.29, 1.82) is 0 Å². The van der Waals surface area contributed by atoms with E-state index in [2.05, 4.69) is 66.4 Å². The summed E-state index contributed by atoms with van der Waals surface area (Å²) in [5, 5.41) is 3.98. The van der Waals surface area contributed by atoms with Crippen LogP contribution >= 0.6 is 28.1 Å². The van der Waals surface area contributed by atoms with Crippen LogP contribution in [0.4, 0.5) is 5.69 Å². The lowest BCUT2D eigenvalue weighted by molar-refractivity contribution is 0.926. The highest BCUT2D eigenvalue weighted by Gasteiger charge is 2.36. The van der Waals surface area contributed by atoms with E-state index in [0.717, 1.165) is 38.2 Å². The fourth-order valence-electron chi connectivity index (χ4n) is 3.69. The molecule has 4 aromatic rings. The van der Waals surface area contributed by atoms with Gasteiger partial charge in [-0.1, -0.05) is 58.4 Å². The zero-order chi connectivity index (χ0) is 20.5. The minimum atomic E-state index is -0.140. The van der Waals surface area contributed by atoms with E-state index in [1.165, 1.54) is 0 Å². The summed E-state index contributed by atoms with van der Waals surface area (Å²) in [6, 6.07) is 24.5. The summed E-state index contributed by atoms with van der Waals surface area (Å²) in [5.41, 5.74) is 5.14. The molecule has 1 aromatic heterocycles. The number of hydrogen-bond donors (Lipinski definition) is 2. The number of aromatic amines is 1. The average molecular weight is 476 g/mol. The molecule has 148 valence electrons. The van der Waals surface area contributed by atoms with Crippen LogP contribution in [0.2, 0.25) is 0 Å². The van der Waals surface area contributed by atoms with Gasteiger partial charge in [0.15, 0.2) is 5.11 Å². The molecule has 0 aliphatic carbocycles. The highest BCUT2D eigenvalue weighted by molar-refractivity contribution is 9.10. The largest absolute Gasteiger partial charge is 0.345 e. The molecule has 1 unspecified atom stereocenters. The normalized spacial score (nSPS) is 17.6. The van der Waals surface area contributed by atoms with E-state index in [1.54, 1.807) is 6.33 Å². The Labute approximate surface area is 188 Å². The number of aliphatic imine (C=N–C) groups is 1. The molecule has 1 fully saturated rings. The Kier molecular flexibility index (Phi) is 5.06. The summed E-state index contributed by atoms with van der Waals surface area (Å²) in [6.45, 7) is 0.587. The second-order valence-corrected chi connectivity index (χ2v) is 8.35. The van der Waals surface area contributed by atoms with E-state index in [0.29, 0.717) is 11.7 Å². The molecular weight excluding hydrogens is 458 g/mol. The van der Waals surface area contributed by atoms with Crippen molar-refractivity contribution in [3.05, 3.63) is 94.7 Å². The van der Waals surface area contributed by atoms with Gasteiger partial charge in [0.25, 0.3) is 0 Å². The first-order valence-electron chi connectivity index (χ1n) is 9.56. The quantitative estimate of drug-likeness (QED) is 0.390. The van der Waals surface area contributed by atoms with E-state index in [-0.39, 0.29) is 6.04 Å². The van der Waals surface area contributed by atoms with Gasteiger partial charge in [-0.25, -0.2) is 4.98 Å². The third kappa shape index (κ3) is 3.62. The van der Waals surface area contributed by atoms with Crippen LogP contribution in [0, 0.1) is 0 Å². The first-order valence-corrected chi connectivity index (χ1v) is 10.8. The number of anilines is 1. The van der Waals surface area contributed by atoms with Gasteiger partial charge in [0, 0.05) is 10.2 Å². The van der Waals surface area contributed by atoms with Crippen molar-refractivity contribution in [2.75, 3.05) is 4.90 Å². The van der Waals surface area contributed by atoms with Gasteiger partial charge in [0.05, 0.1) is 23.9 Å². The first kappa shape index (κ1) is 19.0. The molecule has 1 saturated heterocycles. The highest BCUT2D eigenvalue weighted by atomic mass is 79.9. The van der Waals surface area contributed by atoms with Crippen molar-refractivity contribution in [3.63, 3.8) is 0 Å². The standard InChI is InChI=1S/C23H18BrN5S/c24-17-8-4-7-16(11-17)21-22(25-13-15-5-2-1-3-6-15)28-23(30)29(21)18-9-10-19-20(12-18)27-14-26-19/h1-12,14,21H,13H2,(H,26,27)(H,25,28,30). The molecular formula is C23H18BrN5S. The highest BCUT2D eigenvalue weighted by Crippen LogP contribution is 2.34. The third-order valence-corrected chi connectivity index (χ3v) is 5.88. The Balaban J connectivity index is 1.58. The molecule has 5 nitrogen and oxygen atoms in total. The zero-order valence-electron chi connectivity index (χ0n) is 15.9. The Bertz CT molecular complexity index is 1250. The molecule has 7 heteroatoms. The van der Waals surface area contributed by atoms with E-state index >= 15 is 0 Å². The van der Waals surface area contributed by atoms with Crippen LogP contribution in [0.1, 0.15) is 17.2 Å². The minimum Gasteiger partial charge on any atom is -0.345 e. The molecule has 5 rings (SSSR count). The van der Waals surface area contributed by atoms with Crippen molar-refractivity contribution in [3.8, 4) is 0 Å². The minimum absolute atomic E-state index is 0.140. The van der Waals surface area contributed by atoms with Crippen LogP contribution in [0.5, 0.6) is 0 Å². The zero-order valence-corrected chi connectivity index (χ0v) is 18.3. The van der Waals surface area contributed by atoms with Gasteiger partial charge in [-0.05, 0) is 53.7 Å². The number of halogens is 1. The van der Waals surface area contributed by atoms with Crippen molar-refractivity contribution in [2.45, 2.75) is 12.6 Å². The maximum Gasteiger partial charge on any atom is 0.179 e. The van der Waals surface area contributed by atoms with E-state index in [4.69, 9.17) is 17.2 Å². The number of H-pyrrole nitrogens is 1. The number of aromatic nitrogens is 2. The third-order valence-electron chi connectivity index (χ3n) is 5.09. The lowest BCUT2D eigenvalue weighted by Gasteiger charge is -2.25. The molecule has 0 spiro atoms. The molecule has 3 aromatic carbocycles. The molecule has 30 heavy (non-hydrogen) atoms. The molecule has 0 saturated carbocycles. The van der Waals surface area contributed by atoms with Gasteiger partial charge >= 0.3 is 0 Å². The maximum absolute atomic E-state index is 5.74. The molecule has 0 bridgehead atoms. The lowest BCUT2D eigenvalue weighted by Crippen LogP contribution is -2.29. The van der Waals surface area contributed by atoms with E-state index < -0.39 is 0 Å². The predicted molar refractivity (Wildman–Crippen MR) is 129 cm³/mol. The SMILES string of the molecule is S=C1NC(=NCc2ccccc2)C(c2cccc(Br)c2)N1c1ccc2nc[nH]c2c1. The van der Waals surface area contributed by atoms with Gasteiger partial charge in [0.2, 0.25) is 0 Å². The summed E-state index contributed by atoms with van der Waals surface area (Å²) in [7, 11) is 0. The molecule has 1 aliphatic heterocycles. The summed E-state index contributed by atoms with van der Waals surface area (Å²) in [5.74, 6) is 0.840. The predicted octanol–water partition coefficient (Wildman–Crippen LogP) is 5.36. The summed E-state index contributed by atoms with van der Waals surface area (Å²) >= 11 is 9.34. The molecule has 0 radical (unpaired) electrons. The average Bonchev–Trinajstić information content (AvgIpc) is 3.36. The van der Waals surface area contributed by atoms with Crippen LogP contribution in [-0.4, -0.2) is 20.9 Å². The van der Waals surface area contributed by atoms with Crippen molar-refractivity contribution < 1.29 is 0 Å². The molecule has 2 heterocycles. The Hall–Kier alpha value is -3.03. The summed E-state index contributed by atoms with van der Waals surface area (Å²) in [4.78, 5) is 14.5. The molecule has 0 amide bonds. The number of benzene rings is 3. The van der Waals surface area contributed by atoms with Gasteiger partial charge in [-0.15, -0.1) is 0 Å². The Morgan fingerprint density at radius 3 is 2.73 bits per heavy atom. The molecule has 1 aliphatic rings. The fraction of sp³-hybridized carbons (Fsp3) is 0.0870. The number of fused-ring (bicyclic) bond motifs is 1. The number of thiocarbonyl (C=S) groups is 1. The van der Waals surface area contributed by atoms with Crippen LogP contribution in [0.3, 0.4) is 0 Å². The van der Waals surface area contributed by atoms with Gasteiger partial charge in [-0.3, -0.25) is 4.99 Å². The maximum atomic E-state index is 5.74. The molecule has 2 N–H and O–H groups in total. The van der Waals surface area contributed by atoms with Crippen LogP contribution in [0.15, 0.2) is 88.6 Å². The van der Waals surface area contributed by atoms with Crippen LogP contribution in [0.25, 0.3) is 11.0 Å². The summed E-state index contributed by atoms with van der Waals surface area (Å²) in [6.07, 6.45) is 1.70. The Morgan fingerprint density at radius 1 is 1.03 bits per heavy atom. The fourth-order valence-corrected chi connectivity index (χ4v) is 4.42. The van der Waals surface area contributed by atoms with Gasteiger partial charge < -0.3 is 15.2 Å². The van der Waals surface area contributed by atoms with Gasteiger partial charge in [0.1, 0.15) is 11.9 Å². The summed E-state index contributed by atoms with van der Waals surface area (Å²) < 4.78 is 1.02. The van der Waals surface area contributed by atoms with E-state index in [9.17, 15) is 0 Å². The number of rotatable bonds is 4. The monoisotopic (exact) mass is 475 g/mol. The van der Waals surface area contributed by atoms with Crippen molar-refractivity contribution in [1.82, 2.24) is 15.3 Å². The van der Waals surface area contributed by atoms with Gasteiger partial charge in [-0.2, -0.15) is 0 Å². The van der Waals surface area contributed by atoms with Crippen molar-refractivity contribution in [2.24, 2.45) is 4.99 Å². The van der Waals surface area contributed by atoms with Crippen LogP contribution in [-0.2, 0) is 6.54 Å². The topological polar surface area (TPSA) is 56.3 Å². The number of nitrogens with zero attached hydrogens (tertiary/aromatic N) is 3. The second-order valence-electron chi connectivity index (χ2n) is 7.05. The van der Waals surface area contributed by atoms with Crippen molar-refractivity contribution >= 4 is 55.8 Å².